The third-order valence-corrected chi connectivity index (χ3v) is 6.22. The van der Waals surface area contributed by atoms with Crippen molar-refractivity contribution in [3.63, 3.8) is 0 Å². The Morgan fingerprint density at radius 2 is 1.76 bits per heavy atom. The summed E-state index contributed by atoms with van der Waals surface area (Å²) in [5, 5.41) is 8.37. The molecule has 2 N–H and O–H groups in total. The fourth-order valence-electron chi connectivity index (χ4n) is 4.34. The minimum Gasteiger partial charge on any atom is -0.369 e. The average Bonchev–Trinajstić information content (AvgIpc) is 2.69. The lowest BCUT2D eigenvalue weighted by Crippen LogP contribution is -2.36. The Hall–Kier alpha value is -1.72. The Kier molecular flexibility index (Phi) is 7.47. The Morgan fingerprint density at radius 1 is 1.03 bits per heavy atom. The lowest BCUT2D eigenvalue weighted by atomic mass is 9.71. The van der Waals surface area contributed by atoms with E-state index in [-0.39, 0.29) is 0 Å². The van der Waals surface area contributed by atoms with Crippen molar-refractivity contribution in [1.29, 1.82) is 0 Å². The first-order valence-electron chi connectivity index (χ1n) is 11.2. The highest BCUT2D eigenvalue weighted by atomic mass is 15.1. The highest BCUT2D eigenvalue weighted by Gasteiger charge is 2.29. The van der Waals surface area contributed by atoms with Gasteiger partial charge in [-0.3, -0.25) is 0 Å². The summed E-state index contributed by atoms with van der Waals surface area (Å²) in [5.74, 6) is 2.69. The van der Waals surface area contributed by atoms with Gasteiger partial charge >= 0.3 is 0 Å². The van der Waals surface area contributed by atoms with E-state index in [0.717, 1.165) is 54.5 Å². The Labute approximate surface area is 176 Å². The van der Waals surface area contributed by atoms with Gasteiger partial charge in [-0.05, 0) is 76.2 Å². The second-order valence-electron chi connectivity index (χ2n) is 9.88. The number of benzene rings is 1. The largest absolute Gasteiger partial charge is 0.369 e. The average molecular weight is 398 g/mol. The number of para-hydroxylation sites is 1. The summed E-state index contributed by atoms with van der Waals surface area (Å²) in [4.78, 5) is 11.9. The van der Waals surface area contributed by atoms with E-state index in [9.17, 15) is 0 Å². The molecule has 1 saturated carbocycles. The first-order valence-corrected chi connectivity index (χ1v) is 11.2. The molecule has 29 heavy (non-hydrogen) atoms. The lowest BCUT2D eigenvalue weighted by molar-refractivity contribution is 0.159. The molecule has 3 rings (SSSR count). The molecule has 0 bridgehead atoms. The fourth-order valence-corrected chi connectivity index (χ4v) is 4.34. The standard InChI is InChI=1S/C24H39N5/c1-24(2,3)18-11-13-19(14-12-18)26-17-22-27-21-10-7-6-9-20(21)23(28-22)25-15-8-16-29(4)5/h6-7,9-10,18-19,26H,8,11-17H2,1-5H3,(H,25,27,28). The molecule has 1 aromatic carbocycles. The van der Waals surface area contributed by atoms with E-state index < -0.39 is 0 Å². The molecule has 0 amide bonds. The topological polar surface area (TPSA) is 53.1 Å². The van der Waals surface area contributed by atoms with Crippen molar-refractivity contribution < 1.29 is 0 Å². The van der Waals surface area contributed by atoms with Gasteiger partial charge in [-0.2, -0.15) is 0 Å². The van der Waals surface area contributed by atoms with E-state index in [0.29, 0.717) is 11.5 Å². The van der Waals surface area contributed by atoms with Crippen LogP contribution in [0.3, 0.4) is 0 Å². The molecule has 0 saturated heterocycles. The number of nitrogens with one attached hydrogen (secondary N) is 2. The number of anilines is 1. The molecule has 0 unspecified atom stereocenters. The first kappa shape index (κ1) is 22.0. The normalized spacial score (nSPS) is 20.3. The van der Waals surface area contributed by atoms with Crippen LogP contribution in [0.4, 0.5) is 5.82 Å². The summed E-state index contributed by atoms with van der Waals surface area (Å²) in [5.41, 5.74) is 1.45. The van der Waals surface area contributed by atoms with Crippen molar-refractivity contribution in [3.05, 3.63) is 30.1 Å². The van der Waals surface area contributed by atoms with Crippen molar-refractivity contribution in [2.45, 2.75) is 65.5 Å². The molecule has 1 heterocycles. The predicted molar refractivity (Wildman–Crippen MR) is 123 cm³/mol. The SMILES string of the molecule is CN(C)CCCNc1nc(CNC2CCC(C(C)(C)C)CC2)nc2ccccc12. The molecule has 5 heteroatoms. The number of hydrogen-bond acceptors (Lipinski definition) is 5. The van der Waals surface area contributed by atoms with Crippen molar-refractivity contribution >= 4 is 16.7 Å². The van der Waals surface area contributed by atoms with Crippen LogP contribution >= 0.6 is 0 Å². The molecule has 0 radical (unpaired) electrons. The van der Waals surface area contributed by atoms with Crippen LogP contribution in [0.1, 0.15) is 58.7 Å². The maximum absolute atomic E-state index is 4.86. The number of nitrogens with zero attached hydrogens (tertiary/aromatic N) is 3. The lowest BCUT2D eigenvalue weighted by Gasteiger charge is -2.37. The molecular weight excluding hydrogens is 358 g/mol. The van der Waals surface area contributed by atoms with Crippen molar-refractivity contribution in [1.82, 2.24) is 20.2 Å². The number of aromatic nitrogens is 2. The van der Waals surface area contributed by atoms with Crippen LogP contribution < -0.4 is 10.6 Å². The minimum atomic E-state index is 0.430. The summed E-state index contributed by atoms with van der Waals surface area (Å²) in [6.07, 6.45) is 6.24. The van der Waals surface area contributed by atoms with Gasteiger partial charge < -0.3 is 15.5 Å². The summed E-state index contributed by atoms with van der Waals surface area (Å²) >= 11 is 0. The van der Waals surface area contributed by atoms with Crippen LogP contribution in [0.15, 0.2) is 24.3 Å². The smallest absolute Gasteiger partial charge is 0.145 e. The zero-order valence-corrected chi connectivity index (χ0v) is 19.0. The van der Waals surface area contributed by atoms with Crippen LogP contribution in [0.5, 0.6) is 0 Å². The number of fused-ring (bicyclic) bond motifs is 1. The van der Waals surface area contributed by atoms with Crippen molar-refractivity contribution in [3.8, 4) is 0 Å². The minimum absolute atomic E-state index is 0.430. The molecule has 1 aromatic heterocycles. The van der Waals surface area contributed by atoms with Crippen LogP contribution in [-0.2, 0) is 6.54 Å². The highest BCUT2D eigenvalue weighted by Crippen LogP contribution is 2.37. The van der Waals surface area contributed by atoms with Gasteiger partial charge in [-0.25, -0.2) is 9.97 Å². The monoisotopic (exact) mass is 397 g/mol. The predicted octanol–water partition coefficient (Wildman–Crippen LogP) is 4.69. The summed E-state index contributed by atoms with van der Waals surface area (Å²) < 4.78 is 0. The van der Waals surface area contributed by atoms with Crippen LogP contribution in [0.2, 0.25) is 0 Å². The summed E-state index contributed by atoms with van der Waals surface area (Å²) in [7, 11) is 4.22. The van der Waals surface area contributed by atoms with Gasteiger partial charge in [-0.1, -0.05) is 32.9 Å². The van der Waals surface area contributed by atoms with E-state index in [1.54, 1.807) is 0 Å². The highest BCUT2D eigenvalue weighted by molar-refractivity contribution is 5.88. The summed E-state index contributed by atoms with van der Waals surface area (Å²) in [6, 6.07) is 8.88. The molecule has 0 atom stereocenters. The molecule has 5 nitrogen and oxygen atoms in total. The van der Waals surface area contributed by atoms with E-state index in [4.69, 9.17) is 9.97 Å². The molecule has 0 aliphatic heterocycles. The van der Waals surface area contributed by atoms with E-state index >= 15 is 0 Å². The molecule has 1 aliphatic carbocycles. The molecule has 1 aliphatic rings. The van der Waals surface area contributed by atoms with Gasteiger partial charge in [0.25, 0.3) is 0 Å². The summed E-state index contributed by atoms with van der Waals surface area (Å²) in [6.45, 7) is 9.86. The van der Waals surface area contributed by atoms with Crippen molar-refractivity contribution in [2.24, 2.45) is 11.3 Å². The fraction of sp³-hybridized carbons (Fsp3) is 0.667. The zero-order chi connectivity index (χ0) is 20.9. The van der Waals surface area contributed by atoms with Gasteiger partial charge in [0.05, 0.1) is 12.1 Å². The molecule has 0 spiro atoms. The van der Waals surface area contributed by atoms with Crippen LogP contribution in [0, 0.1) is 11.3 Å². The maximum atomic E-state index is 4.86. The van der Waals surface area contributed by atoms with Gasteiger partial charge in [0.15, 0.2) is 0 Å². The molecule has 2 aromatic rings. The number of rotatable bonds is 8. The van der Waals surface area contributed by atoms with Gasteiger partial charge in [0.1, 0.15) is 11.6 Å². The Morgan fingerprint density at radius 3 is 2.45 bits per heavy atom. The van der Waals surface area contributed by atoms with E-state index in [1.165, 1.54) is 25.7 Å². The zero-order valence-electron chi connectivity index (χ0n) is 19.0. The molecule has 160 valence electrons. The third-order valence-electron chi connectivity index (χ3n) is 6.22. The van der Waals surface area contributed by atoms with E-state index in [2.05, 4.69) is 74.7 Å². The van der Waals surface area contributed by atoms with Crippen molar-refractivity contribution in [2.75, 3.05) is 32.5 Å². The van der Waals surface area contributed by atoms with Crippen LogP contribution in [-0.4, -0.2) is 48.1 Å². The molecule has 1 fully saturated rings. The molecular formula is C24H39N5. The first-order chi connectivity index (χ1) is 13.8. The Bertz CT molecular complexity index is 772. The van der Waals surface area contributed by atoms with E-state index in [1.807, 2.05) is 0 Å². The second kappa shape index (κ2) is 9.86. The third kappa shape index (κ3) is 6.38. The van der Waals surface area contributed by atoms with Gasteiger partial charge in [0, 0.05) is 18.0 Å². The van der Waals surface area contributed by atoms with Gasteiger partial charge in [0.2, 0.25) is 0 Å². The maximum Gasteiger partial charge on any atom is 0.145 e. The quantitative estimate of drug-likeness (QED) is 0.633. The second-order valence-corrected chi connectivity index (χ2v) is 9.88. The Balaban J connectivity index is 1.61. The van der Waals surface area contributed by atoms with Gasteiger partial charge in [-0.15, -0.1) is 0 Å². The number of hydrogen-bond donors (Lipinski definition) is 2. The van der Waals surface area contributed by atoms with Crippen LogP contribution in [0.25, 0.3) is 10.9 Å².